The highest BCUT2D eigenvalue weighted by Gasteiger charge is 2.21. The van der Waals surface area contributed by atoms with Gasteiger partial charge < -0.3 is 18.6 Å². The lowest BCUT2D eigenvalue weighted by atomic mass is 10.3. The van der Waals surface area contributed by atoms with Gasteiger partial charge in [-0.1, -0.05) is 5.16 Å². The molecule has 130 valence electrons. The Morgan fingerprint density at radius 3 is 2.80 bits per heavy atom. The third kappa shape index (κ3) is 3.45. The van der Waals surface area contributed by atoms with Crippen LogP contribution in [0.3, 0.4) is 0 Å². The van der Waals surface area contributed by atoms with Crippen LogP contribution in [0.4, 0.5) is 5.95 Å². The molecular formula is C16H18N6O3. The molecule has 0 amide bonds. The summed E-state index contributed by atoms with van der Waals surface area (Å²) in [6.45, 7) is 4.03. The molecule has 0 unspecified atom stereocenters. The van der Waals surface area contributed by atoms with E-state index in [9.17, 15) is 0 Å². The Morgan fingerprint density at radius 2 is 2.04 bits per heavy atom. The molecule has 4 rings (SSSR count). The second-order valence-electron chi connectivity index (χ2n) is 5.66. The molecule has 3 aromatic rings. The first-order valence-corrected chi connectivity index (χ1v) is 8.02. The molecule has 1 aliphatic heterocycles. The van der Waals surface area contributed by atoms with E-state index in [2.05, 4.69) is 29.9 Å². The van der Waals surface area contributed by atoms with Gasteiger partial charge in [0.25, 0.3) is 5.89 Å². The van der Waals surface area contributed by atoms with Crippen molar-refractivity contribution in [3.63, 3.8) is 0 Å². The van der Waals surface area contributed by atoms with Crippen molar-refractivity contribution in [2.75, 3.05) is 38.2 Å². The van der Waals surface area contributed by atoms with Crippen molar-refractivity contribution in [3.8, 4) is 17.5 Å². The van der Waals surface area contributed by atoms with E-state index in [1.807, 2.05) is 0 Å². The van der Waals surface area contributed by atoms with E-state index < -0.39 is 0 Å². The van der Waals surface area contributed by atoms with Gasteiger partial charge in [-0.25, -0.2) is 4.98 Å². The van der Waals surface area contributed by atoms with Crippen molar-refractivity contribution in [1.82, 2.24) is 25.0 Å². The number of ether oxygens (including phenoxy) is 1. The average Bonchev–Trinajstić information content (AvgIpc) is 3.34. The summed E-state index contributed by atoms with van der Waals surface area (Å²) in [5.41, 5.74) is 0. The van der Waals surface area contributed by atoms with Gasteiger partial charge in [0.05, 0.1) is 19.9 Å². The van der Waals surface area contributed by atoms with Crippen molar-refractivity contribution >= 4 is 5.95 Å². The van der Waals surface area contributed by atoms with Gasteiger partial charge in [0.2, 0.25) is 11.8 Å². The predicted molar refractivity (Wildman–Crippen MR) is 88.1 cm³/mol. The van der Waals surface area contributed by atoms with Gasteiger partial charge in [-0.05, 0) is 12.1 Å². The highest BCUT2D eigenvalue weighted by Crippen LogP contribution is 2.19. The van der Waals surface area contributed by atoms with E-state index in [0.29, 0.717) is 35.8 Å². The lowest BCUT2D eigenvalue weighted by molar-refractivity contribution is 0.239. The first-order valence-electron chi connectivity index (χ1n) is 8.02. The van der Waals surface area contributed by atoms with Crippen molar-refractivity contribution in [3.05, 3.63) is 36.5 Å². The van der Waals surface area contributed by atoms with Gasteiger partial charge in [0, 0.05) is 38.4 Å². The van der Waals surface area contributed by atoms with E-state index >= 15 is 0 Å². The predicted octanol–water partition coefficient (Wildman–Crippen LogP) is 1.45. The molecule has 9 nitrogen and oxygen atoms in total. The summed E-state index contributed by atoms with van der Waals surface area (Å²) >= 11 is 0. The Bertz CT molecular complexity index is 811. The summed E-state index contributed by atoms with van der Waals surface area (Å²) < 4.78 is 15.7. The molecule has 0 radical (unpaired) electrons. The molecule has 25 heavy (non-hydrogen) atoms. The monoisotopic (exact) mass is 342 g/mol. The SMILES string of the molecule is COc1ccnc(N2CCN(Cc3noc(-c4ccco4)n3)CC2)n1. The highest BCUT2D eigenvalue weighted by molar-refractivity contribution is 5.42. The molecular weight excluding hydrogens is 324 g/mol. The van der Waals surface area contributed by atoms with Crippen LogP contribution in [-0.4, -0.2) is 58.3 Å². The molecule has 3 aromatic heterocycles. The molecule has 0 atom stereocenters. The van der Waals surface area contributed by atoms with E-state index in [4.69, 9.17) is 13.7 Å². The molecule has 0 bridgehead atoms. The number of hydrogen-bond acceptors (Lipinski definition) is 9. The van der Waals surface area contributed by atoms with Crippen LogP contribution in [0.5, 0.6) is 5.88 Å². The Labute approximate surface area is 144 Å². The Balaban J connectivity index is 1.34. The van der Waals surface area contributed by atoms with Crippen molar-refractivity contribution in [2.24, 2.45) is 0 Å². The molecule has 0 aromatic carbocycles. The van der Waals surface area contributed by atoms with E-state index in [0.717, 1.165) is 26.2 Å². The van der Waals surface area contributed by atoms with Crippen molar-refractivity contribution in [1.29, 1.82) is 0 Å². The van der Waals surface area contributed by atoms with Crippen LogP contribution in [0.1, 0.15) is 5.82 Å². The zero-order valence-electron chi connectivity index (χ0n) is 13.8. The van der Waals surface area contributed by atoms with Gasteiger partial charge in [-0.3, -0.25) is 4.90 Å². The lowest BCUT2D eigenvalue weighted by Gasteiger charge is -2.33. The van der Waals surface area contributed by atoms with Crippen LogP contribution < -0.4 is 9.64 Å². The quantitative estimate of drug-likeness (QED) is 0.683. The second-order valence-corrected chi connectivity index (χ2v) is 5.66. The number of rotatable bonds is 5. The molecule has 1 fully saturated rings. The van der Waals surface area contributed by atoms with Gasteiger partial charge in [-0.15, -0.1) is 0 Å². The minimum atomic E-state index is 0.406. The van der Waals surface area contributed by atoms with Crippen molar-refractivity contribution in [2.45, 2.75) is 6.54 Å². The molecule has 0 aliphatic carbocycles. The van der Waals surface area contributed by atoms with Crippen LogP contribution in [0.2, 0.25) is 0 Å². The van der Waals surface area contributed by atoms with Crippen molar-refractivity contribution < 1.29 is 13.7 Å². The number of furan rings is 1. The molecule has 9 heteroatoms. The first kappa shape index (κ1) is 15.6. The maximum absolute atomic E-state index is 5.26. The third-order valence-corrected chi connectivity index (χ3v) is 4.05. The van der Waals surface area contributed by atoms with E-state index in [1.165, 1.54) is 0 Å². The zero-order chi connectivity index (χ0) is 17.1. The zero-order valence-corrected chi connectivity index (χ0v) is 13.8. The van der Waals surface area contributed by atoms with Gasteiger partial charge in [0.1, 0.15) is 0 Å². The number of nitrogens with zero attached hydrogens (tertiary/aromatic N) is 6. The van der Waals surface area contributed by atoms with Crippen LogP contribution in [0, 0.1) is 0 Å². The lowest BCUT2D eigenvalue weighted by Crippen LogP contribution is -2.46. The summed E-state index contributed by atoms with van der Waals surface area (Å²) in [5, 5.41) is 4.02. The van der Waals surface area contributed by atoms with E-state index in [1.54, 1.807) is 37.8 Å². The maximum Gasteiger partial charge on any atom is 0.293 e. The topological polar surface area (TPSA) is 93.6 Å². The molecule has 4 heterocycles. The fraction of sp³-hybridized carbons (Fsp3) is 0.375. The van der Waals surface area contributed by atoms with Crippen LogP contribution in [0.25, 0.3) is 11.7 Å². The molecule has 1 saturated heterocycles. The summed E-state index contributed by atoms with van der Waals surface area (Å²) in [5.74, 6) is 2.91. The van der Waals surface area contributed by atoms with Gasteiger partial charge >= 0.3 is 0 Å². The summed E-state index contributed by atoms with van der Waals surface area (Å²) in [7, 11) is 1.60. The molecule has 0 spiro atoms. The largest absolute Gasteiger partial charge is 0.481 e. The van der Waals surface area contributed by atoms with Gasteiger partial charge in [-0.2, -0.15) is 9.97 Å². The number of piperazine rings is 1. The summed E-state index contributed by atoms with van der Waals surface area (Å²) in [6.07, 6.45) is 3.29. The third-order valence-electron chi connectivity index (χ3n) is 4.05. The summed E-state index contributed by atoms with van der Waals surface area (Å²) in [4.78, 5) is 17.5. The molecule has 0 saturated carbocycles. The Kier molecular flexibility index (Phi) is 4.30. The average molecular weight is 342 g/mol. The number of methoxy groups -OCH3 is 1. The van der Waals surface area contributed by atoms with E-state index in [-0.39, 0.29) is 0 Å². The Morgan fingerprint density at radius 1 is 1.16 bits per heavy atom. The number of anilines is 1. The summed E-state index contributed by atoms with van der Waals surface area (Å²) in [6, 6.07) is 5.33. The minimum absolute atomic E-state index is 0.406. The molecule has 1 aliphatic rings. The number of aromatic nitrogens is 4. The normalized spacial score (nSPS) is 15.5. The first-order chi connectivity index (χ1) is 12.3. The van der Waals surface area contributed by atoms with Crippen LogP contribution >= 0.6 is 0 Å². The Hall–Kier alpha value is -2.94. The van der Waals surface area contributed by atoms with Gasteiger partial charge in [0.15, 0.2) is 11.6 Å². The minimum Gasteiger partial charge on any atom is -0.481 e. The maximum atomic E-state index is 5.26. The number of hydrogen-bond donors (Lipinski definition) is 0. The fourth-order valence-electron chi connectivity index (χ4n) is 2.72. The standard InChI is InChI=1S/C16H18N6O3/c1-23-14-4-5-17-16(19-14)22-8-6-21(7-9-22)11-13-18-15(25-20-13)12-3-2-10-24-12/h2-5,10H,6-9,11H2,1H3. The molecule has 0 N–H and O–H groups in total. The smallest absolute Gasteiger partial charge is 0.293 e. The van der Waals surface area contributed by atoms with Crippen LogP contribution in [-0.2, 0) is 6.54 Å². The fourth-order valence-corrected chi connectivity index (χ4v) is 2.72. The highest BCUT2D eigenvalue weighted by atomic mass is 16.5. The second kappa shape index (κ2) is 6.89. The van der Waals surface area contributed by atoms with Crippen LogP contribution in [0.15, 0.2) is 39.6 Å².